The van der Waals surface area contributed by atoms with Gasteiger partial charge in [-0.1, -0.05) is 34.2 Å². The number of benzene rings is 2. The first kappa shape index (κ1) is 22.1. The van der Waals surface area contributed by atoms with E-state index in [1.165, 1.54) is 24.3 Å². The summed E-state index contributed by atoms with van der Waals surface area (Å²) in [5, 5.41) is 5.09. The molecule has 2 amide bonds. The highest BCUT2D eigenvalue weighted by molar-refractivity contribution is 14.1. The first-order valence-corrected chi connectivity index (χ1v) is 10.7. The van der Waals surface area contributed by atoms with Crippen LogP contribution in [-0.2, 0) is 9.59 Å². The lowest BCUT2D eigenvalue weighted by Crippen LogP contribution is -2.45. The van der Waals surface area contributed by atoms with E-state index in [0.717, 1.165) is 0 Å². The predicted octanol–water partition coefficient (Wildman–Crippen LogP) is 3.26. The van der Waals surface area contributed by atoms with Crippen LogP contribution in [0.3, 0.4) is 0 Å². The number of amides is 2. The maximum Gasteiger partial charge on any atom is 0.417 e. The summed E-state index contributed by atoms with van der Waals surface area (Å²) in [6.07, 6.45) is 0. The summed E-state index contributed by atoms with van der Waals surface area (Å²) in [5.74, 6) is -2.83. The molecule has 158 valence electrons. The van der Waals surface area contributed by atoms with Gasteiger partial charge >= 0.3 is 17.6 Å². The summed E-state index contributed by atoms with van der Waals surface area (Å²) < 4.78 is 19.2. The van der Waals surface area contributed by atoms with E-state index in [4.69, 9.17) is 16.0 Å². The van der Waals surface area contributed by atoms with Gasteiger partial charge in [0.1, 0.15) is 5.82 Å². The van der Waals surface area contributed by atoms with Crippen molar-refractivity contribution in [3.63, 3.8) is 0 Å². The van der Waals surface area contributed by atoms with Crippen LogP contribution in [0.4, 0.5) is 15.8 Å². The maximum absolute atomic E-state index is 13.7. The molecular weight excluding hydrogens is 530 g/mol. The van der Waals surface area contributed by atoms with Crippen LogP contribution < -0.4 is 21.3 Å². The summed E-state index contributed by atoms with van der Waals surface area (Å²) >= 11 is 7.84. The Hall–Kier alpha value is -2.60. The average Bonchev–Trinajstić information content (AvgIpc) is 3.07. The van der Waals surface area contributed by atoms with Crippen LogP contribution in [0.2, 0.25) is 5.02 Å². The number of anilines is 2. The van der Waals surface area contributed by atoms with E-state index in [1.807, 2.05) is 4.90 Å². The van der Waals surface area contributed by atoms with Gasteiger partial charge in [-0.2, -0.15) is 0 Å². The first-order chi connectivity index (χ1) is 14.3. The molecule has 30 heavy (non-hydrogen) atoms. The number of alkyl halides is 1. The van der Waals surface area contributed by atoms with Gasteiger partial charge in [0.15, 0.2) is 5.58 Å². The van der Waals surface area contributed by atoms with Gasteiger partial charge in [0.05, 0.1) is 15.1 Å². The summed E-state index contributed by atoms with van der Waals surface area (Å²) in [6.45, 7) is 2.08. The fourth-order valence-electron chi connectivity index (χ4n) is 2.78. The molecule has 0 aliphatic heterocycles. The third kappa shape index (κ3) is 5.30. The zero-order valence-electron chi connectivity index (χ0n) is 15.7. The summed E-state index contributed by atoms with van der Waals surface area (Å²) in [4.78, 5) is 39.9. The molecule has 1 atom stereocenters. The number of nitrogens with zero attached hydrogens (tertiary/aromatic N) is 1. The van der Waals surface area contributed by atoms with Crippen LogP contribution in [0.25, 0.3) is 11.1 Å². The number of rotatable bonds is 6. The third-order valence-corrected chi connectivity index (χ3v) is 5.30. The topological polar surface area (TPSA) is 107 Å². The fraction of sp³-hybridized carbons (Fsp3) is 0.211. The lowest BCUT2D eigenvalue weighted by atomic mass is 10.2. The van der Waals surface area contributed by atoms with Crippen LogP contribution in [0, 0.1) is 5.82 Å². The number of aromatic nitrogens is 1. The van der Waals surface area contributed by atoms with Crippen molar-refractivity contribution in [1.29, 1.82) is 0 Å². The SMILES string of the molecule is C[C@H](CN(CI)c1ccc(Cl)c(F)c1)NC(=O)C(=O)Nc1ccc2[nH]c(=O)oc2c1. The summed E-state index contributed by atoms with van der Waals surface area (Å²) in [6, 6.07) is 8.59. The molecule has 1 heterocycles. The van der Waals surface area contributed by atoms with E-state index >= 15 is 0 Å². The molecular formula is C19H17ClFIN4O4. The Kier molecular flexibility index (Phi) is 6.98. The van der Waals surface area contributed by atoms with Crippen molar-refractivity contribution in [3.05, 3.63) is 57.8 Å². The smallest absolute Gasteiger partial charge is 0.408 e. The van der Waals surface area contributed by atoms with Crippen molar-refractivity contribution < 1.29 is 18.4 Å². The molecule has 0 aliphatic rings. The molecule has 0 unspecified atom stereocenters. The Labute approximate surface area is 188 Å². The van der Waals surface area contributed by atoms with Crippen molar-refractivity contribution in [2.45, 2.75) is 13.0 Å². The van der Waals surface area contributed by atoms with Gasteiger partial charge in [0, 0.05) is 30.0 Å². The van der Waals surface area contributed by atoms with E-state index in [9.17, 15) is 18.8 Å². The largest absolute Gasteiger partial charge is 0.417 e. The molecule has 0 saturated heterocycles. The monoisotopic (exact) mass is 546 g/mol. The number of oxazole rings is 1. The highest BCUT2D eigenvalue weighted by atomic mass is 127. The van der Waals surface area contributed by atoms with Crippen molar-refractivity contribution >= 4 is 68.5 Å². The predicted molar refractivity (Wildman–Crippen MR) is 121 cm³/mol. The Morgan fingerprint density at radius 2 is 2.03 bits per heavy atom. The Morgan fingerprint density at radius 1 is 1.27 bits per heavy atom. The van der Waals surface area contributed by atoms with Gasteiger partial charge in [0.2, 0.25) is 0 Å². The number of hydrogen-bond acceptors (Lipinski definition) is 5. The fourth-order valence-corrected chi connectivity index (χ4v) is 3.57. The van der Waals surface area contributed by atoms with Crippen LogP contribution >= 0.6 is 34.2 Å². The summed E-state index contributed by atoms with van der Waals surface area (Å²) in [5.41, 5.74) is 1.66. The Morgan fingerprint density at radius 3 is 2.73 bits per heavy atom. The van der Waals surface area contributed by atoms with Gasteiger partial charge in [0.25, 0.3) is 0 Å². The minimum Gasteiger partial charge on any atom is -0.408 e. The molecule has 1 aromatic heterocycles. The molecule has 8 nitrogen and oxygen atoms in total. The molecule has 3 aromatic rings. The third-order valence-electron chi connectivity index (χ3n) is 4.17. The summed E-state index contributed by atoms with van der Waals surface area (Å²) in [7, 11) is 0. The molecule has 0 bridgehead atoms. The first-order valence-electron chi connectivity index (χ1n) is 8.77. The van der Waals surface area contributed by atoms with E-state index in [-0.39, 0.29) is 10.6 Å². The highest BCUT2D eigenvalue weighted by Gasteiger charge is 2.19. The number of carbonyl (C=O) groups is 2. The second kappa shape index (κ2) is 9.47. The quantitative estimate of drug-likeness (QED) is 0.190. The number of fused-ring (bicyclic) bond motifs is 1. The molecule has 11 heteroatoms. The van der Waals surface area contributed by atoms with Crippen molar-refractivity contribution in [2.24, 2.45) is 0 Å². The molecule has 0 fully saturated rings. The van der Waals surface area contributed by atoms with Gasteiger partial charge in [-0.05, 0) is 37.3 Å². The van der Waals surface area contributed by atoms with Crippen molar-refractivity contribution in [2.75, 3.05) is 21.3 Å². The number of H-pyrrole nitrogens is 1. The number of aromatic amines is 1. The molecule has 0 saturated carbocycles. The van der Waals surface area contributed by atoms with Crippen molar-refractivity contribution in [1.82, 2.24) is 10.3 Å². The van der Waals surface area contributed by atoms with Crippen LogP contribution in [0.5, 0.6) is 0 Å². The number of carbonyl (C=O) groups excluding carboxylic acids is 2. The number of hydrogen-bond donors (Lipinski definition) is 3. The Bertz CT molecular complexity index is 1150. The molecule has 3 N–H and O–H groups in total. The van der Waals surface area contributed by atoms with Gasteiger partial charge in [-0.25, -0.2) is 9.18 Å². The minimum atomic E-state index is -0.863. The number of nitrogens with one attached hydrogen (secondary N) is 3. The minimum absolute atomic E-state index is 0.0299. The molecule has 3 rings (SSSR count). The normalized spacial score (nSPS) is 11.9. The Balaban J connectivity index is 1.59. The zero-order valence-corrected chi connectivity index (χ0v) is 18.6. The molecule has 0 radical (unpaired) electrons. The van der Waals surface area contributed by atoms with Gasteiger partial charge in [-0.15, -0.1) is 0 Å². The van der Waals surface area contributed by atoms with Crippen LogP contribution in [0.15, 0.2) is 45.6 Å². The lowest BCUT2D eigenvalue weighted by Gasteiger charge is -2.26. The standard InChI is InChI=1S/C19H17ClFIN4O4/c1-10(8-26(9-22)12-3-4-13(20)14(21)7-12)23-17(27)18(28)24-11-2-5-15-16(6-11)30-19(29)25-15/h2-7,10H,8-9H2,1H3,(H,23,27)(H,24,28)(H,25,29)/t10-/m1/s1. The van der Waals surface area contributed by atoms with E-state index in [1.54, 1.807) is 19.1 Å². The van der Waals surface area contributed by atoms with E-state index in [0.29, 0.717) is 28.0 Å². The van der Waals surface area contributed by atoms with Crippen LogP contribution in [-0.4, -0.2) is 33.9 Å². The average molecular weight is 547 g/mol. The molecule has 0 spiro atoms. The second-order valence-electron chi connectivity index (χ2n) is 6.49. The van der Waals surface area contributed by atoms with Gasteiger partial charge < -0.3 is 20.0 Å². The molecule has 2 aromatic carbocycles. The number of halogens is 3. The lowest BCUT2D eigenvalue weighted by molar-refractivity contribution is -0.136. The van der Waals surface area contributed by atoms with Gasteiger partial charge in [-0.3, -0.25) is 14.6 Å². The second-order valence-corrected chi connectivity index (χ2v) is 7.58. The highest BCUT2D eigenvalue weighted by Crippen LogP contribution is 2.23. The van der Waals surface area contributed by atoms with Crippen LogP contribution in [0.1, 0.15) is 6.92 Å². The zero-order chi connectivity index (χ0) is 21.8. The van der Waals surface area contributed by atoms with E-state index in [2.05, 4.69) is 38.2 Å². The van der Waals surface area contributed by atoms with Crippen molar-refractivity contribution in [3.8, 4) is 0 Å². The maximum atomic E-state index is 13.7. The molecule has 0 aliphatic carbocycles. The van der Waals surface area contributed by atoms with E-state index < -0.39 is 29.4 Å².